The lowest BCUT2D eigenvalue weighted by atomic mass is 9.89. The van der Waals surface area contributed by atoms with Gasteiger partial charge in [-0.05, 0) is 38.2 Å². The number of hydrogen-bond donors (Lipinski definition) is 0. The van der Waals surface area contributed by atoms with Crippen LogP contribution in [-0.2, 0) is 4.74 Å². The molecule has 3 atom stereocenters. The monoisotopic (exact) mass is 327 g/mol. The van der Waals surface area contributed by atoms with Crippen LogP contribution >= 0.6 is 0 Å². The van der Waals surface area contributed by atoms with Crippen LogP contribution in [0, 0.1) is 11.8 Å². The highest BCUT2D eigenvalue weighted by Crippen LogP contribution is 2.48. The molecular weight excluding hydrogens is 294 g/mol. The van der Waals surface area contributed by atoms with Gasteiger partial charge in [0.15, 0.2) is 0 Å². The summed E-state index contributed by atoms with van der Waals surface area (Å²) in [6.07, 6.45) is 19.3. The molecule has 0 aromatic carbocycles. The first-order valence-electron chi connectivity index (χ1n) is 9.94. The molecule has 2 aliphatic carbocycles. The average molecular weight is 328 g/mol. The van der Waals surface area contributed by atoms with Crippen molar-refractivity contribution in [1.29, 1.82) is 0 Å². The van der Waals surface area contributed by atoms with Gasteiger partial charge in [-0.15, -0.1) is 0 Å². The molecule has 2 heteroatoms. The van der Waals surface area contributed by atoms with E-state index in [1.165, 1.54) is 49.1 Å². The minimum absolute atomic E-state index is 0.348. The van der Waals surface area contributed by atoms with E-state index in [1.54, 1.807) is 0 Å². The number of fused-ring (bicyclic) bond motifs is 1. The van der Waals surface area contributed by atoms with Gasteiger partial charge in [0.2, 0.25) is 0 Å². The third-order valence-electron chi connectivity index (χ3n) is 5.65. The minimum atomic E-state index is 0.348. The third-order valence-corrected chi connectivity index (χ3v) is 5.65. The van der Waals surface area contributed by atoms with E-state index in [2.05, 4.69) is 56.1 Å². The lowest BCUT2D eigenvalue weighted by Gasteiger charge is -2.23. The van der Waals surface area contributed by atoms with Crippen molar-refractivity contribution < 1.29 is 4.74 Å². The van der Waals surface area contributed by atoms with Crippen LogP contribution in [-0.4, -0.2) is 24.2 Å². The Kier molecular flexibility index (Phi) is 5.99. The number of unbranched alkanes of at least 4 members (excludes halogenated alkanes) is 2. The Bertz CT molecular complexity index is 554. The highest BCUT2D eigenvalue weighted by atomic mass is 16.5. The zero-order valence-electron chi connectivity index (χ0n) is 15.6. The molecule has 2 nitrogen and oxygen atoms in total. The molecule has 1 fully saturated rings. The molecule has 3 aliphatic rings. The SMILES string of the molecule is C/C=C1\C2=CC=CC3CC2C(=CCC3OCCCC)N1CCCC. The first-order chi connectivity index (χ1) is 11.8. The molecule has 0 aromatic rings. The minimum Gasteiger partial charge on any atom is -0.377 e. The quantitative estimate of drug-likeness (QED) is 0.565. The van der Waals surface area contributed by atoms with Crippen molar-refractivity contribution in [3.05, 3.63) is 47.3 Å². The summed E-state index contributed by atoms with van der Waals surface area (Å²) in [7, 11) is 0. The van der Waals surface area contributed by atoms with Gasteiger partial charge in [0, 0.05) is 36.4 Å². The summed E-state index contributed by atoms with van der Waals surface area (Å²) < 4.78 is 6.27. The van der Waals surface area contributed by atoms with Gasteiger partial charge in [0.05, 0.1) is 6.10 Å². The van der Waals surface area contributed by atoms with E-state index in [4.69, 9.17) is 4.74 Å². The second kappa shape index (κ2) is 8.20. The number of nitrogens with zero attached hydrogens (tertiary/aromatic N) is 1. The summed E-state index contributed by atoms with van der Waals surface area (Å²) in [6.45, 7) is 8.74. The maximum Gasteiger partial charge on any atom is 0.0673 e. The molecule has 2 bridgehead atoms. The maximum atomic E-state index is 6.27. The van der Waals surface area contributed by atoms with Crippen LogP contribution in [0.25, 0.3) is 0 Å². The molecule has 1 heterocycles. The molecule has 1 saturated heterocycles. The highest BCUT2D eigenvalue weighted by molar-refractivity contribution is 5.49. The number of hydrogen-bond acceptors (Lipinski definition) is 2. The van der Waals surface area contributed by atoms with E-state index in [-0.39, 0.29) is 0 Å². The van der Waals surface area contributed by atoms with E-state index >= 15 is 0 Å². The van der Waals surface area contributed by atoms with E-state index in [1.807, 2.05) is 0 Å². The average Bonchev–Trinajstić information content (AvgIpc) is 2.77. The van der Waals surface area contributed by atoms with E-state index < -0.39 is 0 Å². The summed E-state index contributed by atoms with van der Waals surface area (Å²) in [4.78, 5) is 2.59. The summed E-state index contributed by atoms with van der Waals surface area (Å²) >= 11 is 0. The van der Waals surface area contributed by atoms with Crippen molar-refractivity contribution >= 4 is 0 Å². The van der Waals surface area contributed by atoms with Gasteiger partial charge < -0.3 is 9.64 Å². The Labute approximate surface area is 148 Å². The van der Waals surface area contributed by atoms with Crippen molar-refractivity contribution in [3.8, 4) is 0 Å². The summed E-state index contributed by atoms with van der Waals surface area (Å²) in [6, 6.07) is 0. The fourth-order valence-corrected chi connectivity index (χ4v) is 4.32. The van der Waals surface area contributed by atoms with Crippen molar-refractivity contribution in [1.82, 2.24) is 4.90 Å². The maximum absolute atomic E-state index is 6.27. The molecule has 0 radical (unpaired) electrons. The molecule has 132 valence electrons. The van der Waals surface area contributed by atoms with Crippen molar-refractivity contribution in [2.24, 2.45) is 11.8 Å². The predicted molar refractivity (Wildman–Crippen MR) is 102 cm³/mol. The van der Waals surface area contributed by atoms with Crippen LogP contribution < -0.4 is 0 Å². The molecule has 3 rings (SSSR count). The van der Waals surface area contributed by atoms with Gasteiger partial charge in [-0.3, -0.25) is 0 Å². The second-order valence-corrected chi connectivity index (χ2v) is 7.27. The lowest BCUT2D eigenvalue weighted by molar-refractivity contribution is 0.0240. The van der Waals surface area contributed by atoms with Gasteiger partial charge in [-0.2, -0.15) is 0 Å². The molecule has 0 amide bonds. The number of ether oxygens (including phenoxy) is 1. The molecular formula is C22H33NO. The molecule has 0 aromatic heterocycles. The van der Waals surface area contributed by atoms with Crippen LogP contribution in [0.4, 0.5) is 0 Å². The number of allylic oxidation sites excluding steroid dienone is 5. The van der Waals surface area contributed by atoms with E-state index in [0.29, 0.717) is 17.9 Å². The Morgan fingerprint density at radius 3 is 2.83 bits per heavy atom. The second-order valence-electron chi connectivity index (χ2n) is 7.27. The van der Waals surface area contributed by atoms with Gasteiger partial charge >= 0.3 is 0 Å². The van der Waals surface area contributed by atoms with Crippen molar-refractivity contribution in [2.45, 2.75) is 65.4 Å². The molecule has 1 aliphatic heterocycles. The van der Waals surface area contributed by atoms with Gasteiger partial charge in [0.25, 0.3) is 0 Å². The Morgan fingerprint density at radius 2 is 2.08 bits per heavy atom. The fraction of sp³-hybridized carbons (Fsp3) is 0.636. The summed E-state index contributed by atoms with van der Waals surface area (Å²) in [5.41, 5.74) is 4.50. The predicted octanol–water partition coefficient (Wildman–Crippen LogP) is 5.60. The summed E-state index contributed by atoms with van der Waals surface area (Å²) in [5.74, 6) is 1.10. The third kappa shape index (κ3) is 3.39. The Morgan fingerprint density at radius 1 is 1.25 bits per heavy atom. The largest absolute Gasteiger partial charge is 0.377 e. The highest BCUT2D eigenvalue weighted by Gasteiger charge is 2.40. The fourth-order valence-electron chi connectivity index (χ4n) is 4.32. The molecule has 0 N–H and O–H groups in total. The first kappa shape index (κ1) is 17.5. The van der Waals surface area contributed by atoms with Crippen LogP contribution in [0.1, 0.15) is 59.3 Å². The van der Waals surface area contributed by atoms with Crippen molar-refractivity contribution in [2.75, 3.05) is 13.2 Å². The van der Waals surface area contributed by atoms with Crippen LogP contribution in [0.15, 0.2) is 47.3 Å². The normalized spacial score (nSPS) is 30.2. The van der Waals surface area contributed by atoms with Gasteiger partial charge in [0.1, 0.15) is 0 Å². The topological polar surface area (TPSA) is 12.5 Å². The van der Waals surface area contributed by atoms with Crippen LogP contribution in [0.5, 0.6) is 0 Å². The van der Waals surface area contributed by atoms with E-state index in [0.717, 1.165) is 19.6 Å². The Balaban J connectivity index is 1.86. The smallest absolute Gasteiger partial charge is 0.0673 e. The van der Waals surface area contributed by atoms with Gasteiger partial charge in [-0.1, -0.05) is 57.1 Å². The Hall–Kier alpha value is -1.28. The van der Waals surface area contributed by atoms with E-state index in [9.17, 15) is 0 Å². The standard InChI is InChI=1S/C22H33NO/c1-4-7-14-23-20(6-3)18-11-9-10-17-16-19(18)21(23)12-13-22(17)24-15-8-5-2/h6,9-12,17,19,22H,4-5,7-8,13-16H2,1-3H3/b20-6+. The number of rotatable bonds is 7. The van der Waals surface area contributed by atoms with Crippen LogP contribution in [0.2, 0.25) is 0 Å². The lowest BCUT2D eigenvalue weighted by Crippen LogP contribution is -2.23. The molecule has 0 spiro atoms. The number of likely N-dealkylation sites (tertiary alicyclic amines) is 1. The van der Waals surface area contributed by atoms with Gasteiger partial charge in [-0.25, -0.2) is 0 Å². The van der Waals surface area contributed by atoms with Crippen LogP contribution in [0.3, 0.4) is 0 Å². The summed E-state index contributed by atoms with van der Waals surface area (Å²) in [5, 5.41) is 0. The molecule has 3 unspecified atom stereocenters. The first-order valence-corrected chi connectivity index (χ1v) is 9.94. The molecule has 24 heavy (non-hydrogen) atoms. The zero-order valence-corrected chi connectivity index (χ0v) is 15.6. The van der Waals surface area contributed by atoms with Crippen molar-refractivity contribution in [3.63, 3.8) is 0 Å². The zero-order chi connectivity index (χ0) is 16.9. The molecule has 0 saturated carbocycles.